The van der Waals surface area contributed by atoms with E-state index in [-0.39, 0.29) is 24.3 Å². The molecular weight excluding hydrogens is 390 g/mol. The minimum absolute atomic E-state index is 0.0571. The van der Waals surface area contributed by atoms with E-state index in [1.165, 1.54) is 19.3 Å². The molecule has 6 nitrogen and oxygen atoms in total. The number of anilines is 3. The zero-order valence-corrected chi connectivity index (χ0v) is 18.5. The normalized spacial score (nSPS) is 12.8. The van der Waals surface area contributed by atoms with Crippen LogP contribution >= 0.6 is 0 Å². The number of amides is 2. The van der Waals surface area contributed by atoms with E-state index in [1.807, 2.05) is 49.4 Å². The van der Waals surface area contributed by atoms with Crippen molar-refractivity contribution in [2.75, 3.05) is 29.1 Å². The summed E-state index contributed by atoms with van der Waals surface area (Å²) in [5.41, 5.74) is 3.15. The Kier molecular flexibility index (Phi) is 8.33. The molecule has 0 spiro atoms. The fraction of sp³-hybridized carbons (Fsp3) is 0.440. The predicted molar refractivity (Wildman–Crippen MR) is 126 cm³/mol. The molecular formula is C25H33N3O3. The number of carbonyl (C=O) groups excluding carboxylic acids is 2. The second-order valence-electron chi connectivity index (χ2n) is 8.08. The van der Waals surface area contributed by atoms with Crippen LogP contribution in [0, 0.1) is 12.8 Å². The van der Waals surface area contributed by atoms with E-state index < -0.39 is 0 Å². The van der Waals surface area contributed by atoms with Crippen LogP contribution in [0.2, 0.25) is 0 Å². The van der Waals surface area contributed by atoms with E-state index in [9.17, 15) is 9.59 Å². The Morgan fingerprint density at radius 1 is 0.968 bits per heavy atom. The van der Waals surface area contributed by atoms with E-state index in [2.05, 4.69) is 22.9 Å². The van der Waals surface area contributed by atoms with Gasteiger partial charge in [-0.2, -0.15) is 0 Å². The fourth-order valence-electron chi connectivity index (χ4n) is 3.25. The number of rotatable bonds is 12. The molecule has 1 fully saturated rings. The minimum atomic E-state index is -0.148. The lowest BCUT2D eigenvalue weighted by atomic mass is 10.1. The first-order chi connectivity index (χ1) is 15.1. The number of hydrogen-bond donors (Lipinski definition) is 3. The van der Waals surface area contributed by atoms with Crippen LogP contribution in [0.15, 0.2) is 42.5 Å². The van der Waals surface area contributed by atoms with Crippen molar-refractivity contribution in [2.24, 2.45) is 5.92 Å². The summed E-state index contributed by atoms with van der Waals surface area (Å²) in [6, 6.07) is 13.2. The molecule has 3 N–H and O–H groups in total. The molecule has 2 amide bonds. The average Bonchev–Trinajstić information content (AvgIpc) is 3.61. The van der Waals surface area contributed by atoms with Gasteiger partial charge in [-0.25, -0.2) is 0 Å². The number of benzene rings is 2. The first-order valence-corrected chi connectivity index (χ1v) is 11.2. The van der Waals surface area contributed by atoms with Gasteiger partial charge in [0, 0.05) is 23.0 Å². The van der Waals surface area contributed by atoms with Crippen LogP contribution in [0.1, 0.15) is 51.0 Å². The predicted octanol–water partition coefficient (Wildman–Crippen LogP) is 5.35. The maximum atomic E-state index is 12.4. The van der Waals surface area contributed by atoms with Gasteiger partial charge < -0.3 is 20.7 Å². The van der Waals surface area contributed by atoms with E-state index >= 15 is 0 Å². The molecule has 0 aromatic heterocycles. The van der Waals surface area contributed by atoms with Gasteiger partial charge in [0.1, 0.15) is 5.75 Å². The summed E-state index contributed by atoms with van der Waals surface area (Å²) in [5, 5.41) is 9.00. The summed E-state index contributed by atoms with van der Waals surface area (Å²) >= 11 is 0. The average molecular weight is 424 g/mol. The number of unbranched alkanes of at least 4 members (excludes halogenated alkanes) is 3. The van der Waals surface area contributed by atoms with Gasteiger partial charge in [0.25, 0.3) is 0 Å². The first kappa shape index (κ1) is 22.7. The topological polar surface area (TPSA) is 79.5 Å². The van der Waals surface area contributed by atoms with Gasteiger partial charge in [0.15, 0.2) is 0 Å². The molecule has 1 aliphatic carbocycles. The Balaban J connectivity index is 1.44. The van der Waals surface area contributed by atoms with Crippen LogP contribution in [0.3, 0.4) is 0 Å². The minimum Gasteiger partial charge on any atom is -0.494 e. The lowest BCUT2D eigenvalue weighted by Crippen LogP contribution is -2.22. The van der Waals surface area contributed by atoms with Gasteiger partial charge in [0.2, 0.25) is 11.8 Å². The lowest BCUT2D eigenvalue weighted by Gasteiger charge is -2.14. The van der Waals surface area contributed by atoms with Gasteiger partial charge in [-0.3, -0.25) is 9.59 Å². The quantitative estimate of drug-likeness (QED) is 0.402. The highest BCUT2D eigenvalue weighted by Crippen LogP contribution is 2.31. The lowest BCUT2D eigenvalue weighted by molar-refractivity contribution is -0.117. The van der Waals surface area contributed by atoms with E-state index in [1.54, 1.807) is 0 Å². The molecule has 0 radical (unpaired) electrons. The molecule has 0 atom stereocenters. The Bertz CT molecular complexity index is 876. The van der Waals surface area contributed by atoms with Gasteiger partial charge in [-0.15, -0.1) is 0 Å². The molecule has 2 aromatic carbocycles. The van der Waals surface area contributed by atoms with Crippen molar-refractivity contribution in [2.45, 2.75) is 52.4 Å². The summed E-state index contributed by atoms with van der Waals surface area (Å²) in [6.07, 6.45) is 6.64. The molecule has 1 saturated carbocycles. The largest absolute Gasteiger partial charge is 0.494 e. The summed E-state index contributed by atoms with van der Waals surface area (Å²) in [5.74, 6) is 0.888. The number of nitrogens with one attached hydrogen (secondary N) is 3. The molecule has 2 aromatic rings. The molecule has 1 aliphatic rings. The Morgan fingerprint density at radius 2 is 1.68 bits per heavy atom. The third kappa shape index (κ3) is 7.31. The Labute approximate surface area is 184 Å². The molecule has 6 heteroatoms. The summed E-state index contributed by atoms with van der Waals surface area (Å²) < 4.78 is 5.75. The van der Waals surface area contributed by atoms with E-state index in [0.29, 0.717) is 5.69 Å². The maximum Gasteiger partial charge on any atom is 0.243 e. The second-order valence-corrected chi connectivity index (χ2v) is 8.08. The molecule has 0 heterocycles. The Hall–Kier alpha value is -3.02. The molecule has 0 bridgehead atoms. The fourth-order valence-corrected chi connectivity index (χ4v) is 3.25. The third-order valence-corrected chi connectivity index (χ3v) is 5.39. The summed E-state index contributed by atoms with van der Waals surface area (Å²) in [6.45, 7) is 4.97. The SMILES string of the molecule is CCCCCCOc1ccc(NCC(=O)Nc2cccc(NC(=O)C3CC3)c2C)cc1. The van der Waals surface area contributed by atoms with Crippen molar-refractivity contribution in [3.05, 3.63) is 48.0 Å². The second kappa shape index (κ2) is 11.4. The molecule has 0 aliphatic heterocycles. The van der Waals surface area contributed by atoms with Crippen molar-refractivity contribution in [1.29, 1.82) is 0 Å². The highest BCUT2D eigenvalue weighted by Gasteiger charge is 2.29. The van der Waals surface area contributed by atoms with Crippen LogP contribution in [-0.2, 0) is 9.59 Å². The molecule has 0 unspecified atom stereocenters. The zero-order chi connectivity index (χ0) is 22.1. The molecule has 3 rings (SSSR count). The van der Waals surface area contributed by atoms with Gasteiger partial charge in [-0.05, 0) is 68.1 Å². The standard InChI is InChI=1S/C25H33N3O3/c1-3-4-5-6-16-31-21-14-12-20(13-15-21)26-17-24(29)27-22-8-7-9-23(18(22)2)28-25(30)19-10-11-19/h7-9,12-15,19,26H,3-6,10-11,16-17H2,1-2H3,(H,27,29)(H,28,30). The van der Waals surface area contributed by atoms with Gasteiger partial charge in [0.05, 0.1) is 13.2 Å². The highest BCUT2D eigenvalue weighted by atomic mass is 16.5. The van der Waals surface area contributed by atoms with E-state index in [4.69, 9.17) is 4.74 Å². The van der Waals surface area contributed by atoms with Crippen molar-refractivity contribution in [3.8, 4) is 5.75 Å². The monoisotopic (exact) mass is 423 g/mol. The summed E-state index contributed by atoms with van der Waals surface area (Å²) in [7, 11) is 0. The molecule has 0 saturated heterocycles. The smallest absolute Gasteiger partial charge is 0.243 e. The molecule has 166 valence electrons. The van der Waals surface area contributed by atoms with Crippen LogP contribution < -0.4 is 20.7 Å². The van der Waals surface area contributed by atoms with Crippen LogP contribution in [0.5, 0.6) is 5.75 Å². The zero-order valence-electron chi connectivity index (χ0n) is 18.5. The van der Waals surface area contributed by atoms with E-state index in [0.717, 1.165) is 48.6 Å². The maximum absolute atomic E-state index is 12.4. The molecule has 31 heavy (non-hydrogen) atoms. The van der Waals surface area contributed by atoms with Gasteiger partial charge >= 0.3 is 0 Å². The van der Waals surface area contributed by atoms with Crippen molar-refractivity contribution < 1.29 is 14.3 Å². The van der Waals surface area contributed by atoms with Crippen molar-refractivity contribution in [1.82, 2.24) is 0 Å². The number of ether oxygens (including phenoxy) is 1. The van der Waals surface area contributed by atoms with Crippen molar-refractivity contribution in [3.63, 3.8) is 0 Å². The van der Waals surface area contributed by atoms with Crippen LogP contribution in [0.4, 0.5) is 17.1 Å². The van der Waals surface area contributed by atoms with Crippen molar-refractivity contribution >= 4 is 28.9 Å². The number of carbonyl (C=O) groups is 2. The highest BCUT2D eigenvalue weighted by molar-refractivity contribution is 5.98. The van der Waals surface area contributed by atoms with Crippen LogP contribution in [-0.4, -0.2) is 25.0 Å². The van der Waals surface area contributed by atoms with Crippen LogP contribution in [0.25, 0.3) is 0 Å². The Morgan fingerprint density at radius 3 is 2.35 bits per heavy atom. The first-order valence-electron chi connectivity index (χ1n) is 11.2. The number of hydrogen-bond acceptors (Lipinski definition) is 4. The third-order valence-electron chi connectivity index (χ3n) is 5.39. The summed E-state index contributed by atoms with van der Waals surface area (Å²) in [4.78, 5) is 24.4. The van der Waals surface area contributed by atoms with Gasteiger partial charge in [-0.1, -0.05) is 32.3 Å².